The van der Waals surface area contributed by atoms with Crippen molar-refractivity contribution in [3.63, 3.8) is 0 Å². The van der Waals surface area contributed by atoms with E-state index in [2.05, 4.69) is 123 Å². The number of fused-ring (bicyclic) bond motifs is 6. The van der Waals surface area contributed by atoms with Crippen LogP contribution in [0.1, 0.15) is 37.5 Å². The summed E-state index contributed by atoms with van der Waals surface area (Å²) in [6.45, 7) is 10.9. The van der Waals surface area contributed by atoms with Gasteiger partial charge in [0, 0.05) is 33.8 Å². The Morgan fingerprint density at radius 2 is 1.42 bits per heavy atom. The van der Waals surface area contributed by atoms with Gasteiger partial charge in [-0.2, -0.15) is 5.10 Å². The summed E-state index contributed by atoms with van der Waals surface area (Å²) in [5, 5.41) is 8.94. The minimum Gasteiger partial charge on any atom is -0.457 e. The molecule has 7 heteroatoms. The molecule has 0 spiro atoms. The summed E-state index contributed by atoms with van der Waals surface area (Å²) >= 11 is 0. The number of benzene rings is 5. The molecule has 9 rings (SSSR count). The first-order valence-corrected chi connectivity index (χ1v) is 16.8. The fraction of sp³-hybridized carbons (Fsp3) is 0.140. The van der Waals surface area contributed by atoms with E-state index in [0.717, 1.165) is 71.9 Å². The molecule has 50 heavy (non-hydrogen) atoms. The molecule has 7 nitrogen and oxygen atoms in total. The lowest BCUT2D eigenvalue weighted by Gasteiger charge is -2.20. The smallest absolute Gasteiger partial charge is 0.167 e. The number of furan rings is 1. The molecule has 0 bridgehead atoms. The number of para-hydroxylation sites is 3. The summed E-state index contributed by atoms with van der Waals surface area (Å²) in [4.78, 5) is 9.62. The Bertz CT molecular complexity index is 2740. The summed E-state index contributed by atoms with van der Waals surface area (Å²) in [7, 11) is 0. The predicted molar refractivity (Wildman–Crippen MR) is 201 cm³/mol. The van der Waals surface area contributed by atoms with Gasteiger partial charge in [-0.25, -0.2) is 14.6 Å². The molecule has 0 radical (unpaired) electrons. The zero-order valence-electron chi connectivity index (χ0n) is 28.6. The van der Waals surface area contributed by atoms with Gasteiger partial charge in [0.15, 0.2) is 5.82 Å². The Morgan fingerprint density at radius 3 is 2.24 bits per heavy atom. The molecule has 244 valence electrons. The second kappa shape index (κ2) is 11.2. The van der Waals surface area contributed by atoms with Gasteiger partial charge in [0.25, 0.3) is 0 Å². The van der Waals surface area contributed by atoms with Crippen molar-refractivity contribution in [2.45, 2.75) is 40.0 Å². The van der Waals surface area contributed by atoms with Crippen molar-refractivity contribution in [1.82, 2.24) is 24.3 Å². The maximum Gasteiger partial charge on any atom is 0.167 e. The van der Waals surface area contributed by atoms with Gasteiger partial charge in [0.05, 0.1) is 22.3 Å². The molecule has 0 aliphatic carbocycles. The molecule has 0 N–H and O–H groups in total. The van der Waals surface area contributed by atoms with Gasteiger partial charge in [-0.05, 0) is 84.5 Å². The molecule has 0 unspecified atom stereocenters. The summed E-state index contributed by atoms with van der Waals surface area (Å²) in [5.41, 5.74) is 8.88. The number of aryl methyl sites for hydroxylation is 2. The van der Waals surface area contributed by atoms with E-state index in [9.17, 15) is 0 Å². The first-order chi connectivity index (χ1) is 24.2. The molecule has 0 saturated heterocycles. The summed E-state index contributed by atoms with van der Waals surface area (Å²) in [5.74, 6) is 2.94. The molecule has 9 aromatic rings. The van der Waals surface area contributed by atoms with Crippen molar-refractivity contribution in [2.75, 3.05) is 0 Å². The minimum absolute atomic E-state index is 0.0134. The largest absolute Gasteiger partial charge is 0.457 e. The van der Waals surface area contributed by atoms with E-state index in [1.54, 1.807) is 6.33 Å². The van der Waals surface area contributed by atoms with Crippen molar-refractivity contribution in [3.05, 3.63) is 138 Å². The maximum absolute atomic E-state index is 6.78. The van der Waals surface area contributed by atoms with Crippen LogP contribution < -0.4 is 4.74 Å². The third-order valence-corrected chi connectivity index (χ3v) is 9.61. The average molecular weight is 654 g/mol. The Morgan fingerprint density at radius 1 is 0.660 bits per heavy atom. The van der Waals surface area contributed by atoms with Crippen molar-refractivity contribution >= 4 is 43.7 Å². The van der Waals surface area contributed by atoms with Crippen LogP contribution in [0.3, 0.4) is 0 Å². The molecule has 0 fully saturated rings. The van der Waals surface area contributed by atoms with Crippen molar-refractivity contribution in [1.29, 1.82) is 0 Å². The lowest BCUT2D eigenvalue weighted by molar-refractivity contribution is 0.484. The number of aromatic nitrogens is 5. The minimum atomic E-state index is -0.0134. The molecule has 0 amide bonds. The molecule has 0 atom stereocenters. The van der Waals surface area contributed by atoms with Gasteiger partial charge < -0.3 is 9.15 Å². The van der Waals surface area contributed by atoms with Crippen LogP contribution in [-0.4, -0.2) is 24.3 Å². The lowest BCUT2D eigenvalue weighted by Crippen LogP contribution is -2.12. The van der Waals surface area contributed by atoms with Gasteiger partial charge in [-0.3, -0.25) is 4.57 Å². The van der Waals surface area contributed by atoms with E-state index in [0.29, 0.717) is 17.3 Å². The van der Waals surface area contributed by atoms with Gasteiger partial charge in [0.1, 0.15) is 34.8 Å². The third kappa shape index (κ3) is 4.77. The Balaban J connectivity index is 1.23. The molecule has 0 aliphatic rings. The standard InChI is InChI=1S/C43H35N5O2/c1-26-11-10-12-27(2)40(26)48-42(45-25-46-48)35-23-30(22-34-33-14-7-9-16-38(33)50-41(34)35)49-29-17-18-32-31-13-6-8-15-36(31)47(37(32)24-29)39-21-28(19-20-44-39)43(3,4)5/h6-25H,1-5H3. The first kappa shape index (κ1) is 29.9. The molecular formula is C43H35N5O2. The fourth-order valence-electron chi connectivity index (χ4n) is 7.16. The number of hydrogen-bond donors (Lipinski definition) is 0. The van der Waals surface area contributed by atoms with Crippen molar-refractivity contribution in [2.24, 2.45) is 0 Å². The van der Waals surface area contributed by atoms with E-state index in [4.69, 9.17) is 19.1 Å². The van der Waals surface area contributed by atoms with Crippen LogP contribution in [0.2, 0.25) is 0 Å². The fourth-order valence-corrected chi connectivity index (χ4v) is 7.16. The molecule has 0 saturated carbocycles. The zero-order valence-corrected chi connectivity index (χ0v) is 28.6. The highest BCUT2D eigenvalue weighted by molar-refractivity contribution is 6.11. The molecule has 0 aliphatic heterocycles. The summed E-state index contributed by atoms with van der Waals surface area (Å²) < 4.78 is 17.4. The Labute approximate surface area is 289 Å². The van der Waals surface area contributed by atoms with E-state index in [-0.39, 0.29) is 5.41 Å². The SMILES string of the molecule is Cc1cccc(C)c1-n1ncnc1-c1cc(Oc2ccc3c4ccccc4n(-c4cc(C(C)(C)C)ccn4)c3c2)cc2c1oc1ccccc12. The topological polar surface area (TPSA) is 70.9 Å². The van der Waals surface area contributed by atoms with E-state index in [1.807, 2.05) is 41.2 Å². The second-order valence-electron chi connectivity index (χ2n) is 14.0. The number of hydrogen-bond acceptors (Lipinski definition) is 5. The van der Waals surface area contributed by atoms with Crippen LogP contribution in [0, 0.1) is 13.8 Å². The number of ether oxygens (including phenoxy) is 1. The van der Waals surface area contributed by atoms with E-state index >= 15 is 0 Å². The van der Waals surface area contributed by atoms with Crippen LogP contribution >= 0.6 is 0 Å². The Kier molecular flexibility index (Phi) is 6.68. The average Bonchev–Trinajstić information content (AvgIpc) is 3.82. The molecular weight excluding hydrogens is 619 g/mol. The predicted octanol–water partition coefficient (Wildman–Crippen LogP) is 11.0. The highest BCUT2D eigenvalue weighted by atomic mass is 16.5. The number of pyridine rings is 1. The van der Waals surface area contributed by atoms with Crippen LogP contribution in [0.4, 0.5) is 0 Å². The third-order valence-electron chi connectivity index (χ3n) is 9.61. The van der Waals surface area contributed by atoms with Crippen LogP contribution in [0.15, 0.2) is 126 Å². The normalized spacial score (nSPS) is 12.1. The van der Waals surface area contributed by atoms with Gasteiger partial charge in [-0.15, -0.1) is 0 Å². The number of rotatable bonds is 5. The molecule has 4 heterocycles. The summed E-state index contributed by atoms with van der Waals surface area (Å²) in [6.07, 6.45) is 3.50. The summed E-state index contributed by atoms with van der Waals surface area (Å²) in [6, 6.07) is 37.4. The van der Waals surface area contributed by atoms with Crippen LogP contribution in [0.25, 0.3) is 66.6 Å². The van der Waals surface area contributed by atoms with Crippen molar-refractivity contribution < 1.29 is 9.15 Å². The van der Waals surface area contributed by atoms with Gasteiger partial charge in [0.2, 0.25) is 0 Å². The van der Waals surface area contributed by atoms with Crippen LogP contribution in [-0.2, 0) is 5.41 Å². The zero-order chi connectivity index (χ0) is 34.1. The highest BCUT2D eigenvalue weighted by Crippen LogP contribution is 2.41. The first-order valence-electron chi connectivity index (χ1n) is 16.8. The van der Waals surface area contributed by atoms with E-state index in [1.165, 1.54) is 5.56 Å². The van der Waals surface area contributed by atoms with Gasteiger partial charge in [-0.1, -0.05) is 75.4 Å². The monoisotopic (exact) mass is 653 g/mol. The molecule has 5 aromatic carbocycles. The van der Waals surface area contributed by atoms with Crippen molar-refractivity contribution in [3.8, 4) is 34.4 Å². The van der Waals surface area contributed by atoms with Gasteiger partial charge >= 0.3 is 0 Å². The van der Waals surface area contributed by atoms with Crippen LogP contribution in [0.5, 0.6) is 11.5 Å². The number of nitrogens with zero attached hydrogens (tertiary/aromatic N) is 5. The highest BCUT2D eigenvalue weighted by Gasteiger charge is 2.22. The van der Waals surface area contributed by atoms with E-state index < -0.39 is 0 Å². The maximum atomic E-state index is 6.78. The lowest BCUT2D eigenvalue weighted by atomic mass is 9.88. The second-order valence-corrected chi connectivity index (χ2v) is 14.0. The Hall–Kier alpha value is -6.21. The molecule has 4 aromatic heterocycles. The quantitative estimate of drug-likeness (QED) is 0.185.